The molecule has 0 amide bonds. The third-order valence-electron chi connectivity index (χ3n) is 3.39. The molecule has 2 N–H and O–H groups in total. The number of benzene rings is 1. The van der Waals surface area contributed by atoms with Gasteiger partial charge in [-0.3, -0.25) is 0 Å². The van der Waals surface area contributed by atoms with Gasteiger partial charge in [0.1, 0.15) is 0 Å². The first-order valence-corrected chi connectivity index (χ1v) is 7.93. The van der Waals surface area contributed by atoms with Gasteiger partial charge in [-0.05, 0) is 29.7 Å². The van der Waals surface area contributed by atoms with Gasteiger partial charge in [-0.25, -0.2) is 8.42 Å². The van der Waals surface area contributed by atoms with Crippen molar-refractivity contribution < 1.29 is 13.2 Å². The van der Waals surface area contributed by atoms with Gasteiger partial charge < -0.3 is 10.5 Å². The molecule has 5 nitrogen and oxygen atoms in total. The smallest absolute Gasteiger partial charge is 0.243 e. The maximum atomic E-state index is 12.5. The first-order valence-electron chi connectivity index (χ1n) is 6.49. The molecule has 2 rings (SSSR count). The molecule has 0 aromatic heterocycles. The van der Waals surface area contributed by atoms with E-state index in [1.54, 1.807) is 12.1 Å². The summed E-state index contributed by atoms with van der Waals surface area (Å²) in [6.45, 7) is 4.12. The highest BCUT2D eigenvalue weighted by atomic mass is 32.2. The summed E-state index contributed by atoms with van der Waals surface area (Å²) >= 11 is 0. The molecule has 0 aliphatic carbocycles. The largest absolute Gasteiger partial charge is 0.379 e. The highest BCUT2D eigenvalue weighted by Gasteiger charge is 2.26. The summed E-state index contributed by atoms with van der Waals surface area (Å²) in [4.78, 5) is 0.326. The van der Waals surface area contributed by atoms with Crippen molar-refractivity contribution in [2.75, 3.05) is 26.3 Å². The summed E-state index contributed by atoms with van der Waals surface area (Å²) < 4.78 is 31.6. The van der Waals surface area contributed by atoms with Crippen LogP contribution in [0, 0.1) is 0 Å². The monoisotopic (exact) mass is 284 g/mol. The predicted molar refractivity (Wildman–Crippen MR) is 73.3 cm³/mol. The second kappa shape index (κ2) is 6.00. The Morgan fingerprint density at radius 2 is 1.95 bits per heavy atom. The Labute approximate surface area is 114 Å². The zero-order chi connectivity index (χ0) is 13.9. The number of morpholine rings is 1. The maximum absolute atomic E-state index is 12.5. The number of aryl methyl sites for hydroxylation is 1. The second-order valence-electron chi connectivity index (χ2n) is 4.50. The molecule has 19 heavy (non-hydrogen) atoms. The molecular weight excluding hydrogens is 264 g/mol. The van der Waals surface area contributed by atoms with Crippen LogP contribution in [0.25, 0.3) is 0 Å². The lowest BCUT2D eigenvalue weighted by molar-refractivity contribution is 0.0730. The van der Waals surface area contributed by atoms with Crippen molar-refractivity contribution in [2.45, 2.75) is 24.8 Å². The normalized spacial score (nSPS) is 17.6. The Bertz CT molecular complexity index is 537. The van der Waals surface area contributed by atoms with Gasteiger partial charge in [-0.1, -0.05) is 13.0 Å². The van der Waals surface area contributed by atoms with Crippen molar-refractivity contribution in [1.82, 2.24) is 4.31 Å². The highest BCUT2D eigenvalue weighted by molar-refractivity contribution is 7.89. The van der Waals surface area contributed by atoms with E-state index in [1.807, 2.05) is 13.0 Å². The standard InChI is InChI=1S/C13H20N2O3S/c1-2-11-3-4-13(9-12(11)10-14)19(16,17)15-5-7-18-8-6-15/h3-4,9H,2,5-8,10,14H2,1H3. The Kier molecular flexibility index (Phi) is 4.57. The molecule has 1 aromatic rings. The zero-order valence-electron chi connectivity index (χ0n) is 11.1. The second-order valence-corrected chi connectivity index (χ2v) is 6.44. The number of nitrogens with zero attached hydrogens (tertiary/aromatic N) is 1. The van der Waals surface area contributed by atoms with Crippen LogP contribution in [0.3, 0.4) is 0 Å². The average molecular weight is 284 g/mol. The van der Waals surface area contributed by atoms with Crippen molar-refractivity contribution in [1.29, 1.82) is 0 Å². The Morgan fingerprint density at radius 3 is 2.53 bits per heavy atom. The summed E-state index contributed by atoms with van der Waals surface area (Å²) in [7, 11) is -3.42. The topological polar surface area (TPSA) is 72.6 Å². The molecule has 6 heteroatoms. The van der Waals surface area contributed by atoms with E-state index in [1.165, 1.54) is 4.31 Å². The fourth-order valence-electron chi connectivity index (χ4n) is 2.23. The third-order valence-corrected chi connectivity index (χ3v) is 5.28. The van der Waals surface area contributed by atoms with E-state index in [0.29, 0.717) is 37.7 Å². The van der Waals surface area contributed by atoms with Crippen molar-refractivity contribution in [3.63, 3.8) is 0 Å². The van der Waals surface area contributed by atoms with Crippen LogP contribution < -0.4 is 5.73 Å². The van der Waals surface area contributed by atoms with Crippen molar-refractivity contribution >= 4 is 10.0 Å². The summed E-state index contributed by atoms with van der Waals surface area (Å²) in [5, 5.41) is 0. The van der Waals surface area contributed by atoms with Gasteiger partial charge in [0.15, 0.2) is 0 Å². The Morgan fingerprint density at radius 1 is 1.26 bits per heavy atom. The van der Waals surface area contributed by atoms with E-state index >= 15 is 0 Å². The first-order chi connectivity index (χ1) is 9.09. The third kappa shape index (κ3) is 2.97. The van der Waals surface area contributed by atoms with E-state index in [0.717, 1.165) is 17.5 Å². The van der Waals surface area contributed by atoms with Crippen LogP contribution in [0.1, 0.15) is 18.1 Å². The molecule has 1 aliphatic heterocycles. The number of ether oxygens (including phenoxy) is 1. The molecule has 1 fully saturated rings. The van der Waals surface area contributed by atoms with Gasteiger partial charge in [0.2, 0.25) is 10.0 Å². The van der Waals surface area contributed by atoms with E-state index < -0.39 is 10.0 Å². The molecule has 0 spiro atoms. The molecule has 0 atom stereocenters. The average Bonchev–Trinajstić information content (AvgIpc) is 2.47. The fraction of sp³-hybridized carbons (Fsp3) is 0.538. The predicted octanol–water partition coefficient (Wildman–Crippen LogP) is 0.729. The van der Waals surface area contributed by atoms with Crippen LogP contribution in [0.5, 0.6) is 0 Å². The quantitative estimate of drug-likeness (QED) is 0.884. The van der Waals surface area contributed by atoms with Crippen LogP contribution in [0.4, 0.5) is 0 Å². The highest BCUT2D eigenvalue weighted by Crippen LogP contribution is 2.21. The SMILES string of the molecule is CCc1ccc(S(=O)(=O)N2CCOCC2)cc1CN. The summed E-state index contributed by atoms with van der Waals surface area (Å²) in [5.41, 5.74) is 7.69. The van der Waals surface area contributed by atoms with Gasteiger partial charge in [-0.15, -0.1) is 0 Å². The number of hydrogen-bond acceptors (Lipinski definition) is 4. The number of sulfonamides is 1. The van der Waals surface area contributed by atoms with Crippen LogP contribution >= 0.6 is 0 Å². The Balaban J connectivity index is 2.34. The van der Waals surface area contributed by atoms with Crippen LogP contribution in [-0.4, -0.2) is 39.0 Å². The molecule has 1 aromatic carbocycles. The van der Waals surface area contributed by atoms with Gasteiger partial charge in [0.05, 0.1) is 18.1 Å². The van der Waals surface area contributed by atoms with Crippen molar-refractivity contribution in [3.05, 3.63) is 29.3 Å². The lowest BCUT2D eigenvalue weighted by atomic mass is 10.1. The number of rotatable bonds is 4. The lowest BCUT2D eigenvalue weighted by Gasteiger charge is -2.26. The molecule has 0 saturated carbocycles. The van der Waals surface area contributed by atoms with Gasteiger partial charge >= 0.3 is 0 Å². The minimum absolute atomic E-state index is 0.326. The van der Waals surface area contributed by atoms with Gasteiger partial charge in [0.25, 0.3) is 0 Å². The fourth-order valence-corrected chi connectivity index (χ4v) is 3.69. The maximum Gasteiger partial charge on any atom is 0.243 e. The molecule has 0 bridgehead atoms. The van der Waals surface area contributed by atoms with E-state index in [4.69, 9.17) is 10.5 Å². The minimum Gasteiger partial charge on any atom is -0.379 e. The molecule has 0 radical (unpaired) electrons. The van der Waals surface area contributed by atoms with Crippen LogP contribution in [0.2, 0.25) is 0 Å². The molecule has 1 saturated heterocycles. The zero-order valence-corrected chi connectivity index (χ0v) is 11.9. The Hall–Kier alpha value is -0.950. The van der Waals surface area contributed by atoms with E-state index in [2.05, 4.69) is 0 Å². The van der Waals surface area contributed by atoms with Crippen molar-refractivity contribution in [2.24, 2.45) is 5.73 Å². The minimum atomic E-state index is -3.42. The van der Waals surface area contributed by atoms with Crippen molar-refractivity contribution in [3.8, 4) is 0 Å². The summed E-state index contributed by atoms with van der Waals surface area (Å²) in [6, 6.07) is 5.22. The summed E-state index contributed by atoms with van der Waals surface area (Å²) in [5.74, 6) is 0. The van der Waals surface area contributed by atoms with E-state index in [9.17, 15) is 8.42 Å². The van der Waals surface area contributed by atoms with E-state index in [-0.39, 0.29) is 0 Å². The first kappa shape index (κ1) is 14.5. The number of hydrogen-bond donors (Lipinski definition) is 1. The summed E-state index contributed by atoms with van der Waals surface area (Å²) in [6.07, 6.45) is 0.852. The molecule has 1 aliphatic rings. The molecule has 0 unspecified atom stereocenters. The molecule has 106 valence electrons. The lowest BCUT2D eigenvalue weighted by Crippen LogP contribution is -2.40. The van der Waals surface area contributed by atoms with Gasteiger partial charge in [-0.2, -0.15) is 4.31 Å². The van der Waals surface area contributed by atoms with Gasteiger partial charge in [0, 0.05) is 19.6 Å². The van der Waals surface area contributed by atoms with Crippen LogP contribution in [0.15, 0.2) is 23.1 Å². The number of nitrogens with two attached hydrogens (primary N) is 1. The van der Waals surface area contributed by atoms with Crippen LogP contribution in [-0.2, 0) is 27.7 Å². The molecule has 1 heterocycles. The molecular formula is C13H20N2O3S.